The van der Waals surface area contributed by atoms with E-state index in [2.05, 4.69) is 5.32 Å². The Morgan fingerprint density at radius 1 is 1.26 bits per heavy atom. The van der Waals surface area contributed by atoms with Crippen LogP contribution in [0.1, 0.15) is 26.3 Å². The fourth-order valence-corrected chi connectivity index (χ4v) is 2.65. The van der Waals surface area contributed by atoms with E-state index >= 15 is 0 Å². The summed E-state index contributed by atoms with van der Waals surface area (Å²) in [5.74, 6) is 0. The van der Waals surface area contributed by atoms with Gasteiger partial charge in [0.25, 0.3) is 10.0 Å². The number of rotatable bonds is 2. The van der Waals surface area contributed by atoms with Gasteiger partial charge in [-0.1, -0.05) is 0 Å². The number of anilines is 1. The van der Waals surface area contributed by atoms with E-state index in [1.54, 1.807) is 27.7 Å². The third-order valence-corrected chi connectivity index (χ3v) is 3.70. The summed E-state index contributed by atoms with van der Waals surface area (Å²) in [4.78, 5) is 11.6. The molecule has 0 radical (unpaired) electrons. The van der Waals surface area contributed by atoms with E-state index in [9.17, 15) is 13.2 Å². The average Bonchev–Trinajstić information content (AvgIpc) is 2.11. The van der Waals surface area contributed by atoms with Gasteiger partial charge in [0.2, 0.25) is 0 Å². The van der Waals surface area contributed by atoms with E-state index in [4.69, 9.17) is 5.73 Å². The van der Waals surface area contributed by atoms with Gasteiger partial charge in [0.05, 0.1) is 4.90 Å². The number of carbonyl (C=O) groups excluding carboxylic acids is 1. The van der Waals surface area contributed by atoms with Crippen molar-refractivity contribution in [1.29, 1.82) is 0 Å². The number of aryl methyl sites for hydroxylation is 1. The van der Waals surface area contributed by atoms with Crippen LogP contribution in [0.3, 0.4) is 0 Å². The maximum atomic E-state index is 12.0. The maximum Gasteiger partial charge on any atom is 0.329 e. The molecule has 0 saturated heterocycles. The fraction of sp³-hybridized carbons (Fsp3) is 0.417. The Kier molecular flexibility index (Phi) is 4.09. The summed E-state index contributed by atoms with van der Waals surface area (Å²) in [5.41, 5.74) is 5.99. The Labute approximate surface area is 113 Å². The van der Waals surface area contributed by atoms with Crippen LogP contribution in [-0.4, -0.2) is 20.0 Å². The minimum absolute atomic E-state index is 0.0331. The molecule has 19 heavy (non-hydrogen) atoms. The summed E-state index contributed by atoms with van der Waals surface area (Å²) in [7, 11) is -3.90. The highest BCUT2D eigenvalue weighted by Crippen LogP contribution is 2.17. The number of hydrogen-bond donors (Lipinski definition) is 3. The van der Waals surface area contributed by atoms with E-state index in [1.807, 2.05) is 4.72 Å². The van der Waals surface area contributed by atoms with Crippen molar-refractivity contribution in [1.82, 2.24) is 10.0 Å². The van der Waals surface area contributed by atoms with Crippen LogP contribution < -0.4 is 15.8 Å². The van der Waals surface area contributed by atoms with E-state index in [0.717, 1.165) is 0 Å². The molecule has 0 unspecified atom stereocenters. The lowest BCUT2D eigenvalue weighted by atomic mass is 10.1. The molecule has 0 aromatic heterocycles. The van der Waals surface area contributed by atoms with Crippen LogP contribution in [0.4, 0.5) is 10.5 Å². The normalized spacial score (nSPS) is 12.0. The van der Waals surface area contributed by atoms with Crippen LogP contribution >= 0.6 is 0 Å². The molecule has 1 aromatic carbocycles. The molecular weight excluding hydrogens is 266 g/mol. The number of sulfonamides is 1. The van der Waals surface area contributed by atoms with Crippen LogP contribution in [0, 0.1) is 6.92 Å². The zero-order valence-corrected chi connectivity index (χ0v) is 12.3. The van der Waals surface area contributed by atoms with Gasteiger partial charge >= 0.3 is 6.03 Å². The summed E-state index contributed by atoms with van der Waals surface area (Å²) in [5, 5.41) is 2.52. The van der Waals surface area contributed by atoms with Gasteiger partial charge in [-0.05, 0) is 51.5 Å². The van der Waals surface area contributed by atoms with E-state index < -0.39 is 21.6 Å². The molecule has 6 nitrogen and oxygen atoms in total. The summed E-state index contributed by atoms with van der Waals surface area (Å²) < 4.78 is 26.1. The second kappa shape index (κ2) is 5.08. The van der Waals surface area contributed by atoms with Gasteiger partial charge in [-0.25, -0.2) is 17.9 Å². The topological polar surface area (TPSA) is 101 Å². The minimum atomic E-state index is -3.90. The zero-order chi connectivity index (χ0) is 14.8. The lowest BCUT2D eigenvalue weighted by Gasteiger charge is -2.20. The third kappa shape index (κ3) is 4.44. The van der Waals surface area contributed by atoms with E-state index in [-0.39, 0.29) is 4.90 Å². The van der Waals surface area contributed by atoms with Gasteiger partial charge in [-0.3, -0.25) is 0 Å². The first-order valence-electron chi connectivity index (χ1n) is 5.72. The Balaban J connectivity index is 2.96. The van der Waals surface area contributed by atoms with Gasteiger partial charge in [0.1, 0.15) is 0 Å². The molecule has 1 aromatic rings. The molecule has 0 aliphatic heterocycles. The molecule has 2 amide bonds. The Morgan fingerprint density at radius 3 is 2.32 bits per heavy atom. The summed E-state index contributed by atoms with van der Waals surface area (Å²) >= 11 is 0. The van der Waals surface area contributed by atoms with Crippen molar-refractivity contribution in [3.63, 3.8) is 0 Å². The number of nitrogen functional groups attached to an aromatic ring is 1. The number of carbonyl (C=O) groups is 1. The van der Waals surface area contributed by atoms with Gasteiger partial charge in [0, 0.05) is 11.2 Å². The van der Waals surface area contributed by atoms with Gasteiger partial charge < -0.3 is 11.1 Å². The third-order valence-electron chi connectivity index (χ3n) is 2.20. The highest BCUT2D eigenvalue weighted by atomic mass is 32.2. The van der Waals surface area contributed by atoms with Gasteiger partial charge in [-0.2, -0.15) is 0 Å². The maximum absolute atomic E-state index is 12.0. The van der Waals surface area contributed by atoms with Crippen molar-refractivity contribution in [2.75, 3.05) is 5.73 Å². The number of nitrogens with one attached hydrogen (secondary N) is 2. The molecule has 0 saturated carbocycles. The highest BCUT2D eigenvalue weighted by molar-refractivity contribution is 7.90. The molecule has 0 aliphatic carbocycles. The second-order valence-electron chi connectivity index (χ2n) is 5.33. The summed E-state index contributed by atoms with van der Waals surface area (Å²) in [6.07, 6.45) is 0. The zero-order valence-electron chi connectivity index (χ0n) is 11.4. The lowest BCUT2D eigenvalue weighted by Crippen LogP contribution is -2.48. The monoisotopic (exact) mass is 285 g/mol. The van der Waals surface area contributed by atoms with Crippen LogP contribution in [0.25, 0.3) is 0 Å². The fourth-order valence-electron chi connectivity index (χ4n) is 1.52. The standard InChI is InChI=1S/C12H19N3O3S/c1-8-7-9(13)5-6-10(8)19(17,18)15-11(16)14-12(2,3)4/h5-7H,13H2,1-4H3,(H2,14,15,16). The Morgan fingerprint density at radius 2 is 1.84 bits per heavy atom. The average molecular weight is 285 g/mol. The SMILES string of the molecule is Cc1cc(N)ccc1S(=O)(=O)NC(=O)NC(C)(C)C. The van der Waals surface area contributed by atoms with Crippen LogP contribution in [-0.2, 0) is 10.0 Å². The smallest absolute Gasteiger partial charge is 0.329 e. The van der Waals surface area contributed by atoms with Crippen molar-refractivity contribution < 1.29 is 13.2 Å². The molecule has 0 bridgehead atoms. The van der Waals surface area contributed by atoms with Crippen LogP contribution in [0.5, 0.6) is 0 Å². The largest absolute Gasteiger partial charge is 0.399 e. The molecule has 1 rings (SSSR count). The number of hydrogen-bond acceptors (Lipinski definition) is 4. The number of amides is 2. The second-order valence-corrected chi connectivity index (χ2v) is 6.99. The van der Waals surface area contributed by atoms with Gasteiger partial charge in [-0.15, -0.1) is 0 Å². The summed E-state index contributed by atoms with van der Waals surface area (Å²) in [6, 6.07) is 3.63. The van der Waals surface area contributed by atoms with Gasteiger partial charge in [0.15, 0.2) is 0 Å². The predicted octanol–water partition coefficient (Wildman–Crippen LogP) is 1.36. The quantitative estimate of drug-likeness (QED) is 0.714. The highest BCUT2D eigenvalue weighted by Gasteiger charge is 2.22. The van der Waals surface area contributed by atoms with Crippen molar-refractivity contribution in [3.05, 3.63) is 23.8 Å². The summed E-state index contributed by atoms with van der Waals surface area (Å²) in [6.45, 7) is 6.89. The molecule has 0 atom stereocenters. The molecule has 0 fully saturated rings. The number of nitrogens with two attached hydrogens (primary N) is 1. The van der Waals surface area contributed by atoms with Crippen LogP contribution in [0.2, 0.25) is 0 Å². The predicted molar refractivity (Wildman–Crippen MR) is 74.2 cm³/mol. The number of benzene rings is 1. The minimum Gasteiger partial charge on any atom is -0.399 e. The molecule has 0 aliphatic rings. The first kappa shape index (κ1) is 15.3. The van der Waals surface area contributed by atoms with E-state index in [1.165, 1.54) is 18.2 Å². The molecule has 4 N–H and O–H groups in total. The Hall–Kier alpha value is -1.76. The van der Waals surface area contributed by atoms with Crippen molar-refractivity contribution in [2.24, 2.45) is 0 Å². The lowest BCUT2D eigenvalue weighted by molar-refractivity contribution is 0.237. The van der Waals surface area contributed by atoms with Crippen molar-refractivity contribution in [3.8, 4) is 0 Å². The number of urea groups is 1. The molecule has 0 spiro atoms. The first-order valence-corrected chi connectivity index (χ1v) is 7.21. The Bertz CT molecular complexity index is 589. The van der Waals surface area contributed by atoms with Crippen LogP contribution in [0.15, 0.2) is 23.1 Å². The molecule has 7 heteroatoms. The van der Waals surface area contributed by atoms with Crippen molar-refractivity contribution in [2.45, 2.75) is 38.1 Å². The van der Waals surface area contributed by atoms with Crippen molar-refractivity contribution >= 4 is 21.7 Å². The van der Waals surface area contributed by atoms with E-state index in [0.29, 0.717) is 11.3 Å². The first-order chi connectivity index (χ1) is 8.51. The molecule has 106 valence electrons. The molecular formula is C12H19N3O3S. The molecule has 0 heterocycles.